The summed E-state index contributed by atoms with van der Waals surface area (Å²) in [7, 11) is 0. The minimum Gasteiger partial charge on any atom is -0.392 e. The quantitative estimate of drug-likeness (QED) is 0.545. The van der Waals surface area contributed by atoms with Crippen LogP contribution < -0.4 is 0 Å². The van der Waals surface area contributed by atoms with Crippen LogP contribution >= 0.6 is 34.8 Å². The molecular weight excluding hydrogens is 190 g/mol. The molecule has 0 amide bonds. The zero-order valence-corrected chi connectivity index (χ0v) is 6.45. The van der Waals surface area contributed by atoms with Gasteiger partial charge in [0.1, 0.15) is 0 Å². The van der Waals surface area contributed by atoms with Gasteiger partial charge in [-0.3, -0.25) is 0 Å². The maximum Gasteiger partial charge on any atom is 0.261 e. The highest BCUT2D eigenvalue weighted by Crippen LogP contribution is 2.33. The van der Waals surface area contributed by atoms with Gasteiger partial charge in [0.05, 0.1) is 6.61 Å². The summed E-state index contributed by atoms with van der Waals surface area (Å²) in [6, 6.07) is 0. The van der Waals surface area contributed by atoms with E-state index in [1.165, 1.54) is 0 Å². The molecule has 0 aliphatic heterocycles. The lowest BCUT2D eigenvalue weighted by Gasteiger charge is -2.25. The number of hydrogen-bond donors (Lipinski definition) is 3. The fourth-order valence-corrected chi connectivity index (χ4v) is 0.215. The summed E-state index contributed by atoms with van der Waals surface area (Å²) < 4.78 is -2.54. The van der Waals surface area contributed by atoms with Crippen molar-refractivity contribution < 1.29 is 15.3 Å². The lowest BCUT2D eigenvalue weighted by molar-refractivity contribution is -0.0294. The first kappa shape index (κ1) is 9.75. The largest absolute Gasteiger partial charge is 0.392 e. The topological polar surface area (TPSA) is 60.7 Å². The Morgan fingerprint density at radius 3 is 1.44 bits per heavy atom. The Morgan fingerprint density at radius 1 is 1.11 bits per heavy atom. The van der Waals surface area contributed by atoms with Crippen LogP contribution in [-0.4, -0.2) is 31.5 Å². The molecule has 1 unspecified atom stereocenters. The lowest BCUT2D eigenvalue weighted by atomic mass is 10.4. The average Bonchev–Trinajstić information content (AvgIpc) is 1.64. The summed E-state index contributed by atoms with van der Waals surface area (Å²) in [5.74, 6) is 0. The van der Waals surface area contributed by atoms with E-state index in [0.29, 0.717) is 0 Å². The van der Waals surface area contributed by atoms with E-state index in [2.05, 4.69) is 0 Å². The molecule has 3 N–H and O–H groups in total. The minimum absolute atomic E-state index is 0.932. The Kier molecular flexibility index (Phi) is 3.01. The maximum atomic E-state index is 8.66. The van der Waals surface area contributed by atoms with Crippen molar-refractivity contribution in [1.29, 1.82) is 0 Å². The van der Waals surface area contributed by atoms with Gasteiger partial charge in [0.15, 0.2) is 0 Å². The molecule has 0 aliphatic rings. The highest BCUT2D eigenvalue weighted by molar-refractivity contribution is 6.51. The summed E-state index contributed by atoms with van der Waals surface area (Å²) >= 11 is 14.8. The van der Waals surface area contributed by atoms with Crippen molar-refractivity contribution in [2.24, 2.45) is 0 Å². The molecule has 56 valence electrons. The fourth-order valence-electron chi connectivity index (χ4n) is 0.0951. The van der Waals surface area contributed by atoms with Crippen LogP contribution in [0.4, 0.5) is 0 Å². The molecule has 0 fully saturated rings. The molecule has 0 radical (unpaired) electrons. The first-order chi connectivity index (χ1) is 3.81. The van der Waals surface area contributed by atoms with Gasteiger partial charge in [-0.15, -0.1) is 0 Å². The van der Waals surface area contributed by atoms with Gasteiger partial charge in [0.25, 0.3) is 4.52 Å². The average molecular weight is 195 g/mol. The standard InChI is InChI=1S/C3H5Cl3O3/c4-2(8,1-7)3(5,6)9/h7-9H,1H2. The number of alkyl halides is 3. The summed E-state index contributed by atoms with van der Waals surface area (Å²) in [6.07, 6.45) is 0. The minimum atomic E-state index is -2.54. The molecule has 0 aliphatic carbocycles. The van der Waals surface area contributed by atoms with E-state index in [1.807, 2.05) is 0 Å². The number of hydrogen-bond acceptors (Lipinski definition) is 3. The summed E-state index contributed by atoms with van der Waals surface area (Å²) in [5, 5.41) is 23.0. The second kappa shape index (κ2) is 2.78. The molecule has 0 heterocycles. The van der Waals surface area contributed by atoms with Gasteiger partial charge in [-0.1, -0.05) is 34.8 Å². The molecule has 9 heavy (non-hydrogen) atoms. The highest BCUT2D eigenvalue weighted by atomic mass is 35.5. The molecule has 0 aromatic heterocycles. The van der Waals surface area contributed by atoms with E-state index in [9.17, 15) is 0 Å². The number of aliphatic hydroxyl groups excluding tert-OH is 1. The van der Waals surface area contributed by atoms with E-state index >= 15 is 0 Å². The number of rotatable bonds is 2. The predicted molar refractivity (Wildman–Crippen MR) is 34.5 cm³/mol. The molecule has 0 rings (SSSR count). The Morgan fingerprint density at radius 2 is 1.44 bits per heavy atom. The van der Waals surface area contributed by atoms with Gasteiger partial charge in [0.2, 0.25) is 5.06 Å². The van der Waals surface area contributed by atoms with Gasteiger partial charge in [-0.2, -0.15) is 0 Å². The zero-order valence-electron chi connectivity index (χ0n) is 4.18. The molecule has 0 aromatic carbocycles. The normalized spacial score (nSPS) is 19.3. The Balaban J connectivity index is 4.14. The Hall–Kier alpha value is 0.750. The first-order valence-electron chi connectivity index (χ1n) is 1.93. The number of halogens is 3. The second-order valence-corrected chi connectivity index (χ2v) is 3.37. The van der Waals surface area contributed by atoms with Gasteiger partial charge in [0, 0.05) is 0 Å². The van der Waals surface area contributed by atoms with Crippen LogP contribution in [0, 0.1) is 0 Å². The van der Waals surface area contributed by atoms with Crippen molar-refractivity contribution in [3.63, 3.8) is 0 Å². The van der Waals surface area contributed by atoms with Crippen molar-refractivity contribution in [1.82, 2.24) is 0 Å². The molecule has 0 saturated carbocycles. The number of aliphatic hydroxyl groups is 3. The van der Waals surface area contributed by atoms with Gasteiger partial charge in [-0.05, 0) is 0 Å². The maximum absolute atomic E-state index is 8.66. The van der Waals surface area contributed by atoms with Crippen LogP contribution in [0.1, 0.15) is 0 Å². The van der Waals surface area contributed by atoms with Crippen molar-refractivity contribution in [2.45, 2.75) is 9.58 Å². The molecule has 0 aromatic rings. The Bertz CT molecular complexity index is 97.0. The lowest BCUT2D eigenvalue weighted by Crippen LogP contribution is -2.44. The second-order valence-electron chi connectivity index (χ2n) is 1.46. The van der Waals surface area contributed by atoms with E-state index in [1.54, 1.807) is 0 Å². The summed E-state index contributed by atoms with van der Waals surface area (Å²) in [5.41, 5.74) is 0. The molecule has 1 atom stereocenters. The van der Waals surface area contributed by atoms with Gasteiger partial charge >= 0.3 is 0 Å². The molecule has 0 bridgehead atoms. The van der Waals surface area contributed by atoms with Crippen molar-refractivity contribution in [2.75, 3.05) is 6.61 Å². The molecular formula is C3H5Cl3O3. The van der Waals surface area contributed by atoms with Crippen LogP contribution in [-0.2, 0) is 0 Å². The summed E-state index contributed by atoms with van der Waals surface area (Å²) in [6.45, 7) is -0.932. The van der Waals surface area contributed by atoms with E-state index in [4.69, 9.17) is 50.1 Å². The first-order valence-corrected chi connectivity index (χ1v) is 3.07. The van der Waals surface area contributed by atoms with E-state index in [-0.39, 0.29) is 0 Å². The zero-order chi connectivity index (χ0) is 7.71. The molecule has 3 nitrogen and oxygen atoms in total. The van der Waals surface area contributed by atoms with Gasteiger partial charge < -0.3 is 15.3 Å². The van der Waals surface area contributed by atoms with Crippen LogP contribution in [0.5, 0.6) is 0 Å². The van der Waals surface area contributed by atoms with Crippen LogP contribution in [0.25, 0.3) is 0 Å². The molecule has 0 saturated heterocycles. The van der Waals surface area contributed by atoms with Crippen molar-refractivity contribution in [3.8, 4) is 0 Å². The fraction of sp³-hybridized carbons (Fsp3) is 1.00. The third kappa shape index (κ3) is 2.45. The smallest absolute Gasteiger partial charge is 0.261 e. The summed E-state index contributed by atoms with van der Waals surface area (Å²) in [4.78, 5) is 0. The van der Waals surface area contributed by atoms with E-state index in [0.717, 1.165) is 0 Å². The van der Waals surface area contributed by atoms with E-state index < -0.39 is 16.2 Å². The third-order valence-electron chi connectivity index (χ3n) is 0.670. The van der Waals surface area contributed by atoms with Crippen molar-refractivity contribution in [3.05, 3.63) is 0 Å². The van der Waals surface area contributed by atoms with Crippen molar-refractivity contribution >= 4 is 34.8 Å². The van der Waals surface area contributed by atoms with Crippen LogP contribution in [0.2, 0.25) is 0 Å². The molecule has 6 heteroatoms. The molecule has 0 spiro atoms. The van der Waals surface area contributed by atoms with Crippen LogP contribution in [0.15, 0.2) is 0 Å². The highest BCUT2D eigenvalue weighted by Gasteiger charge is 2.45. The predicted octanol–water partition coefficient (Wildman–Crippen LogP) is 0.0298. The van der Waals surface area contributed by atoms with Gasteiger partial charge in [-0.25, -0.2) is 0 Å². The SMILES string of the molecule is OCC(O)(Cl)C(O)(Cl)Cl. The van der Waals surface area contributed by atoms with Crippen LogP contribution in [0.3, 0.4) is 0 Å². The third-order valence-corrected chi connectivity index (χ3v) is 1.88. The Labute approximate surface area is 66.8 Å². The monoisotopic (exact) mass is 194 g/mol.